The summed E-state index contributed by atoms with van der Waals surface area (Å²) < 4.78 is 0. The van der Waals surface area contributed by atoms with Gasteiger partial charge >= 0.3 is 0 Å². The zero-order valence-corrected chi connectivity index (χ0v) is 14.5. The average Bonchev–Trinajstić information content (AvgIpc) is 2.46. The molecule has 3 atom stereocenters. The van der Waals surface area contributed by atoms with Crippen molar-refractivity contribution in [3.63, 3.8) is 0 Å². The molecule has 20 heavy (non-hydrogen) atoms. The zero-order valence-electron chi connectivity index (χ0n) is 14.5. The summed E-state index contributed by atoms with van der Waals surface area (Å²) in [7, 11) is 0. The van der Waals surface area contributed by atoms with E-state index in [1.165, 1.54) is 64.6 Å². The highest BCUT2D eigenvalue weighted by atomic mass is 15.1. The predicted octanol–water partition coefficient (Wildman–Crippen LogP) is 5.35. The van der Waals surface area contributed by atoms with E-state index in [0.29, 0.717) is 5.41 Å². The molecule has 3 aliphatic carbocycles. The van der Waals surface area contributed by atoms with Gasteiger partial charge in [0, 0.05) is 0 Å². The smallest absolute Gasteiger partial charge is 0.00160 e. The Hall–Kier alpha value is -0.0400. The number of nitrogens with zero attached hydrogens (tertiary/aromatic N) is 1. The highest BCUT2D eigenvalue weighted by Crippen LogP contribution is 2.61. The highest BCUT2D eigenvalue weighted by molar-refractivity contribution is 5.03. The summed E-state index contributed by atoms with van der Waals surface area (Å²) in [5.74, 6) is 3.13. The quantitative estimate of drug-likeness (QED) is 0.550. The molecule has 3 rings (SSSR count). The summed E-state index contributed by atoms with van der Waals surface area (Å²) in [6.45, 7) is 13.7. The summed E-state index contributed by atoms with van der Waals surface area (Å²) in [5.41, 5.74) is 0.667. The van der Waals surface area contributed by atoms with Gasteiger partial charge in [0.15, 0.2) is 0 Å². The molecule has 0 heterocycles. The largest absolute Gasteiger partial charge is 0.303 e. The van der Waals surface area contributed by atoms with Gasteiger partial charge in [-0.2, -0.15) is 0 Å². The molecular weight excluding hydrogens is 242 g/mol. The molecule has 0 aromatic heterocycles. The Morgan fingerprint density at radius 3 is 2.10 bits per heavy atom. The van der Waals surface area contributed by atoms with Gasteiger partial charge in [-0.05, 0) is 81.3 Å². The molecule has 1 nitrogen and oxygen atoms in total. The van der Waals surface area contributed by atoms with Crippen molar-refractivity contribution < 1.29 is 0 Å². The summed E-state index contributed by atoms with van der Waals surface area (Å²) in [6, 6.07) is 0. The van der Waals surface area contributed by atoms with Crippen molar-refractivity contribution in [3.8, 4) is 0 Å². The van der Waals surface area contributed by atoms with E-state index in [4.69, 9.17) is 0 Å². The van der Waals surface area contributed by atoms with E-state index in [-0.39, 0.29) is 0 Å². The minimum absolute atomic E-state index is 0.667. The fourth-order valence-corrected chi connectivity index (χ4v) is 4.76. The second-order valence-electron chi connectivity index (χ2n) is 8.04. The molecule has 3 fully saturated rings. The summed E-state index contributed by atoms with van der Waals surface area (Å²) >= 11 is 0. The van der Waals surface area contributed by atoms with Crippen LogP contribution in [0.2, 0.25) is 0 Å². The Labute approximate surface area is 127 Å². The fourth-order valence-electron chi connectivity index (χ4n) is 4.76. The van der Waals surface area contributed by atoms with Crippen molar-refractivity contribution >= 4 is 0 Å². The zero-order chi connectivity index (χ0) is 14.6. The summed E-state index contributed by atoms with van der Waals surface area (Å²) in [5, 5.41) is 0. The monoisotopic (exact) mass is 279 g/mol. The minimum Gasteiger partial charge on any atom is -0.303 e. The van der Waals surface area contributed by atoms with Crippen LogP contribution in [-0.4, -0.2) is 24.5 Å². The molecule has 0 aromatic carbocycles. The molecule has 0 aliphatic heterocycles. The van der Waals surface area contributed by atoms with E-state index >= 15 is 0 Å². The molecule has 3 saturated carbocycles. The summed E-state index contributed by atoms with van der Waals surface area (Å²) in [4.78, 5) is 2.75. The Bertz CT molecular complexity index is 273. The van der Waals surface area contributed by atoms with Crippen molar-refractivity contribution in [3.05, 3.63) is 0 Å². The van der Waals surface area contributed by atoms with Gasteiger partial charge in [0.2, 0.25) is 0 Å². The third kappa shape index (κ3) is 3.59. The third-order valence-corrected chi connectivity index (χ3v) is 6.47. The lowest BCUT2D eigenvalue weighted by molar-refractivity contribution is -0.108. The van der Waals surface area contributed by atoms with Gasteiger partial charge in [0.05, 0.1) is 0 Å². The molecule has 3 aliphatic rings. The lowest BCUT2D eigenvalue weighted by Crippen LogP contribution is -2.52. The fraction of sp³-hybridized carbons (Fsp3) is 1.00. The van der Waals surface area contributed by atoms with Crippen molar-refractivity contribution in [2.75, 3.05) is 19.6 Å². The van der Waals surface area contributed by atoms with E-state index in [9.17, 15) is 0 Å². The molecular formula is C19H37N. The van der Waals surface area contributed by atoms with Gasteiger partial charge in [-0.15, -0.1) is 0 Å². The first kappa shape index (κ1) is 16.3. The maximum atomic E-state index is 2.75. The summed E-state index contributed by atoms with van der Waals surface area (Å²) in [6.07, 6.45) is 11.5. The van der Waals surface area contributed by atoms with Crippen LogP contribution in [0.3, 0.4) is 0 Å². The van der Waals surface area contributed by atoms with Crippen LogP contribution in [-0.2, 0) is 0 Å². The molecule has 0 spiro atoms. The lowest BCUT2D eigenvalue weighted by Gasteiger charge is -2.60. The van der Waals surface area contributed by atoms with Crippen LogP contribution >= 0.6 is 0 Å². The first-order valence-corrected chi connectivity index (χ1v) is 9.31. The molecule has 118 valence electrons. The number of rotatable bonds is 9. The number of fused-ring (bicyclic) bond motifs is 2. The van der Waals surface area contributed by atoms with Crippen LogP contribution in [0.25, 0.3) is 0 Å². The Kier molecular flexibility index (Phi) is 5.95. The first-order valence-electron chi connectivity index (χ1n) is 9.31. The second-order valence-corrected chi connectivity index (χ2v) is 8.04. The van der Waals surface area contributed by atoms with Gasteiger partial charge < -0.3 is 4.90 Å². The number of unbranched alkanes of at least 4 members (excludes halogenated alkanes) is 2. The van der Waals surface area contributed by atoms with Gasteiger partial charge in [0.25, 0.3) is 0 Å². The van der Waals surface area contributed by atoms with E-state index in [1.807, 2.05) is 0 Å². The Morgan fingerprint density at radius 2 is 1.60 bits per heavy atom. The second kappa shape index (κ2) is 7.29. The Balaban J connectivity index is 1.76. The van der Waals surface area contributed by atoms with Gasteiger partial charge in [-0.3, -0.25) is 0 Å². The van der Waals surface area contributed by atoms with E-state index < -0.39 is 0 Å². The van der Waals surface area contributed by atoms with Crippen LogP contribution in [0, 0.1) is 23.2 Å². The SMILES string of the molecule is CCCCN(CCCC)CCC1CCC2CC1C2(C)C. The van der Waals surface area contributed by atoms with Crippen molar-refractivity contribution in [2.24, 2.45) is 23.2 Å². The van der Waals surface area contributed by atoms with E-state index in [0.717, 1.165) is 17.8 Å². The van der Waals surface area contributed by atoms with Crippen molar-refractivity contribution in [2.45, 2.75) is 79.1 Å². The maximum absolute atomic E-state index is 2.75. The van der Waals surface area contributed by atoms with E-state index in [2.05, 4.69) is 32.6 Å². The number of hydrogen-bond acceptors (Lipinski definition) is 1. The highest BCUT2D eigenvalue weighted by Gasteiger charge is 2.53. The van der Waals surface area contributed by atoms with Gasteiger partial charge in [-0.25, -0.2) is 0 Å². The van der Waals surface area contributed by atoms with Gasteiger partial charge in [-0.1, -0.05) is 40.5 Å². The first-order chi connectivity index (χ1) is 9.59. The van der Waals surface area contributed by atoms with Crippen LogP contribution in [0.5, 0.6) is 0 Å². The minimum atomic E-state index is 0.667. The van der Waals surface area contributed by atoms with E-state index in [1.54, 1.807) is 6.42 Å². The van der Waals surface area contributed by atoms with Crippen LogP contribution < -0.4 is 0 Å². The normalized spacial score (nSPS) is 31.4. The molecule has 2 bridgehead atoms. The van der Waals surface area contributed by atoms with Crippen LogP contribution in [0.15, 0.2) is 0 Å². The van der Waals surface area contributed by atoms with Crippen LogP contribution in [0.4, 0.5) is 0 Å². The molecule has 0 amide bonds. The average molecular weight is 280 g/mol. The molecule has 0 radical (unpaired) electrons. The maximum Gasteiger partial charge on any atom is -0.00160 e. The van der Waals surface area contributed by atoms with Crippen molar-refractivity contribution in [1.29, 1.82) is 0 Å². The Morgan fingerprint density at radius 1 is 0.950 bits per heavy atom. The topological polar surface area (TPSA) is 3.24 Å². The molecule has 3 unspecified atom stereocenters. The molecule has 0 saturated heterocycles. The van der Waals surface area contributed by atoms with Gasteiger partial charge in [0.1, 0.15) is 0 Å². The van der Waals surface area contributed by atoms with Crippen LogP contribution in [0.1, 0.15) is 79.1 Å². The molecule has 1 heteroatoms. The molecule has 0 N–H and O–H groups in total. The lowest BCUT2D eigenvalue weighted by atomic mass is 9.45. The van der Waals surface area contributed by atoms with Crippen molar-refractivity contribution in [1.82, 2.24) is 4.90 Å². The third-order valence-electron chi connectivity index (χ3n) is 6.47. The standard InChI is InChI=1S/C19H37N/c1-5-7-12-20(13-8-6-2)14-11-16-9-10-17-15-18(16)19(17,3)4/h16-18H,5-15H2,1-4H3. The predicted molar refractivity (Wildman–Crippen MR) is 89.0 cm³/mol. The number of hydrogen-bond donors (Lipinski definition) is 0. The molecule has 0 aromatic rings.